The molecule has 2 heterocycles. The predicted molar refractivity (Wildman–Crippen MR) is 174 cm³/mol. The van der Waals surface area contributed by atoms with E-state index in [2.05, 4.69) is 162 Å². The Bertz CT molecular complexity index is 1930. The molecule has 0 unspecified atom stereocenters. The van der Waals surface area contributed by atoms with Crippen molar-refractivity contribution in [3.8, 4) is 16.8 Å². The lowest BCUT2D eigenvalue weighted by Gasteiger charge is -2.37. The van der Waals surface area contributed by atoms with E-state index in [-0.39, 0.29) is 0 Å². The SMILES string of the molecule is c1ccc(C(c2ccccc2)(c2ccccc2)c2cccc(-c3ccc4c(c3)nc3n4-c4ccccc4CS3)c2)cc1. The summed E-state index contributed by atoms with van der Waals surface area (Å²) in [5, 5.41) is 1.06. The first-order valence-corrected chi connectivity index (χ1v) is 15.3. The largest absolute Gasteiger partial charge is 0.287 e. The highest BCUT2D eigenvalue weighted by molar-refractivity contribution is 7.98. The zero-order valence-electron chi connectivity index (χ0n) is 23.0. The Labute approximate surface area is 250 Å². The molecule has 0 spiro atoms. The summed E-state index contributed by atoms with van der Waals surface area (Å²) in [7, 11) is 0. The number of aromatic nitrogens is 2. The minimum atomic E-state index is -0.474. The third-order valence-electron chi connectivity index (χ3n) is 8.46. The Morgan fingerprint density at radius 2 is 1.10 bits per heavy atom. The predicted octanol–water partition coefficient (Wildman–Crippen LogP) is 9.68. The highest BCUT2D eigenvalue weighted by atomic mass is 32.2. The molecule has 1 aromatic heterocycles. The van der Waals surface area contributed by atoms with Crippen LogP contribution in [0.5, 0.6) is 0 Å². The van der Waals surface area contributed by atoms with Crippen LogP contribution in [0.2, 0.25) is 0 Å². The number of para-hydroxylation sites is 1. The van der Waals surface area contributed by atoms with Gasteiger partial charge in [-0.25, -0.2) is 4.98 Å². The second kappa shape index (κ2) is 10.2. The summed E-state index contributed by atoms with van der Waals surface area (Å²) >= 11 is 1.81. The Morgan fingerprint density at radius 1 is 0.524 bits per heavy atom. The number of hydrogen-bond acceptors (Lipinski definition) is 2. The van der Waals surface area contributed by atoms with Crippen LogP contribution in [0, 0.1) is 0 Å². The summed E-state index contributed by atoms with van der Waals surface area (Å²) in [6, 6.07) is 57.1. The van der Waals surface area contributed by atoms with Gasteiger partial charge in [-0.15, -0.1) is 0 Å². The maximum absolute atomic E-state index is 5.08. The minimum absolute atomic E-state index is 0.474. The molecule has 8 rings (SSSR count). The fourth-order valence-corrected chi connectivity index (χ4v) is 7.57. The van der Waals surface area contributed by atoms with E-state index in [4.69, 9.17) is 4.98 Å². The molecule has 42 heavy (non-hydrogen) atoms. The van der Waals surface area contributed by atoms with Crippen LogP contribution in [0.1, 0.15) is 27.8 Å². The molecular weight excluding hydrogens is 529 g/mol. The summed E-state index contributed by atoms with van der Waals surface area (Å²) in [6.45, 7) is 0. The van der Waals surface area contributed by atoms with Crippen LogP contribution in [0.4, 0.5) is 0 Å². The molecule has 0 bridgehead atoms. The number of nitrogens with zero attached hydrogens (tertiary/aromatic N) is 2. The average molecular weight is 557 g/mol. The fraction of sp³-hybridized carbons (Fsp3) is 0.0513. The third kappa shape index (κ3) is 3.93. The van der Waals surface area contributed by atoms with Gasteiger partial charge >= 0.3 is 0 Å². The molecule has 0 fully saturated rings. The summed E-state index contributed by atoms with van der Waals surface area (Å²) < 4.78 is 2.31. The summed E-state index contributed by atoms with van der Waals surface area (Å²) in [6.07, 6.45) is 0. The molecule has 1 aliphatic heterocycles. The molecule has 0 saturated heterocycles. The van der Waals surface area contributed by atoms with Crippen LogP contribution in [0.15, 0.2) is 163 Å². The van der Waals surface area contributed by atoms with Gasteiger partial charge in [-0.3, -0.25) is 4.57 Å². The molecule has 1 aliphatic rings. The molecule has 0 N–H and O–H groups in total. The first kappa shape index (κ1) is 24.9. The molecule has 2 nitrogen and oxygen atoms in total. The maximum atomic E-state index is 5.08. The maximum Gasteiger partial charge on any atom is 0.174 e. The molecule has 200 valence electrons. The van der Waals surface area contributed by atoms with Crippen molar-refractivity contribution < 1.29 is 0 Å². The Hall–Kier alpha value is -4.86. The highest BCUT2D eigenvalue weighted by Gasteiger charge is 2.38. The van der Waals surface area contributed by atoms with Gasteiger partial charge in [0.25, 0.3) is 0 Å². The zero-order chi connectivity index (χ0) is 27.9. The van der Waals surface area contributed by atoms with E-state index in [1.54, 1.807) is 0 Å². The molecular formula is C39H28N2S. The van der Waals surface area contributed by atoms with Crippen LogP contribution in [0.25, 0.3) is 27.8 Å². The number of thioether (sulfide) groups is 1. The van der Waals surface area contributed by atoms with Crippen LogP contribution in [-0.2, 0) is 11.2 Å². The second-order valence-corrected chi connectivity index (χ2v) is 11.7. The first-order chi connectivity index (χ1) is 20.8. The quantitative estimate of drug-likeness (QED) is 0.196. The molecule has 0 radical (unpaired) electrons. The third-order valence-corrected chi connectivity index (χ3v) is 9.45. The van der Waals surface area contributed by atoms with Gasteiger partial charge in [-0.2, -0.15) is 0 Å². The molecule has 6 aromatic carbocycles. The first-order valence-electron chi connectivity index (χ1n) is 14.3. The van der Waals surface area contributed by atoms with Crippen molar-refractivity contribution in [2.24, 2.45) is 0 Å². The normalized spacial score (nSPS) is 12.6. The van der Waals surface area contributed by atoms with Gasteiger partial charge in [0, 0.05) is 5.75 Å². The van der Waals surface area contributed by atoms with Gasteiger partial charge in [0.1, 0.15) is 0 Å². The van der Waals surface area contributed by atoms with Gasteiger partial charge in [0.15, 0.2) is 5.16 Å². The van der Waals surface area contributed by atoms with E-state index in [0.717, 1.165) is 21.9 Å². The minimum Gasteiger partial charge on any atom is -0.287 e. The van der Waals surface area contributed by atoms with Gasteiger partial charge < -0.3 is 0 Å². The Morgan fingerprint density at radius 3 is 1.76 bits per heavy atom. The van der Waals surface area contributed by atoms with E-state index in [0.29, 0.717) is 0 Å². The van der Waals surface area contributed by atoms with Crippen molar-refractivity contribution >= 4 is 22.8 Å². The topological polar surface area (TPSA) is 17.8 Å². The van der Waals surface area contributed by atoms with E-state index < -0.39 is 5.41 Å². The van der Waals surface area contributed by atoms with Crippen LogP contribution >= 0.6 is 11.8 Å². The second-order valence-electron chi connectivity index (χ2n) is 10.8. The number of rotatable bonds is 5. The lowest BCUT2D eigenvalue weighted by Crippen LogP contribution is -2.31. The van der Waals surface area contributed by atoms with Crippen molar-refractivity contribution in [1.29, 1.82) is 0 Å². The number of hydrogen-bond donors (Lipinski definition) is 0. The van der Waals surface area contributed by atoms with E-state index in [1.165, 1.54) is 44.6 Å². The molecule has 7 aromatic rings. The summed E-state index contributed by atoms with van der Waals surface area (Å²) in [5.74, 6) is 0.953. The van der Waals surface area contributed by atoms with E-state index >= 15 is 0 Å². The van der Waals surface area contributed by atoms with E-state index in [1.807, 2.05) is 11.8 Å². The standard InChI is InChI=1S/C39H28N2S/c1-4-15-31(16-5-1)39(32-17-6-2-7-18-32,33-19-8-3-9-20-33)34-21-12-14-28(25-34)29-23-24-37-35(26-29)40-38-41(37)36-22-11-10-13-30(36)27-42-38/h1-26H,27H2. The lowest BCUT2D eigenvalue weighted by molar-refractivity contribution is 0.745. The molecule has 0 atom stereocenters. The van der Waals surface area contributed by atoms with Gasteiger partial charge in [0.2, 0.25) is 0 Å². The van der Waals surface area contributed by atoms with Gasteiger partial charge in [-0.05, 0) is 63.2 Å². The molecule has 0 amide bonds. The van der Waals surface area contributed by atoms with Gasteiger partial charge in [0.05, 0.1) is 22.1 Å². The zero-order valence-corrected chi connectivity index (χ0v) is 23.8. The van der Waals surface area contributed by atoms with Crippen molar-refractivity contribution in [3.63, 3.8) is 0 Å². The van der Waals surface area contributed by atoms with Gasteiger partial charge in [-0.1, -0.05) is 145 Å². The number of fused-ring (bicyclic) bond motifs is 5. The van der Waals surface area contributed by atoms with Crippen molar-refractivity contribution in [1.82, 2.24) is 9.55 Å². The summed E-state index contributed by atoms with van der Waals surface area (Å²) in [4.78, 5) is 5.08. The van der Waals surface area contributed by atoms with Crippen LogP contribution < -0.4 is 0 Å². The monoisotopic (exact) mass is 556 g/mol. The Balaban J connectivity index is 1.32. The fourth-order valence-electron chi connectivity index (χ4n) is 6.56. The van der Waals surface area contributed by atoms with E-state index in [9.17, 15) is 0 Å². The Kier molecular flexibility index (Phi) is 6.05. The molecule has 3 heteroatoms. The van der Waals surface area contributed by atoms with Crippen molar-refractivity contribution in [2.75, 3.05) is 0 Å². The summed E-state index contributed by atoms with van der Waals surface area (Å²) in [5.41, 5.74) is 11.6. The number of benzene rings is 6. The van der Waals surface area contributed by atoms with Crippen LogP contribution in [-0.4, -0.2) is 9.55 Å². The molecule has 0 aliphatic carbocycles. The van der Waals surface area contributed by atoms with Crippen molar-refractivity contribution in [2.45, 2.75) is 16.3 Å². The van der Waals surface area contributed by atoms with Crippen molar-refractivity contribution in [3.05, 3.63) is 186 Å². The average Bonchev–Trinajstić information content (AvgIpc) is 3.45. The molecule has 0 saturated carbocycles. The highest BCUT2D eigenvalue weighted by Crippen LogP contribution is 2.46. The lowest BCUT2D eigenvalue weighted by atomic mass is 9.65. The van der Waals surface area contributed by atoms with Crippen LogP contribution in [0.3, 0.4) is 0 Å². The number of imidazole rings is 1. The smallest absolute Gasteiger partial charge is 0.174 e.